The molecule has 0 fully saturated rings. The van der Waals surface area contributed by atoms with Crippen molar-refractivity contribution in [2.24, 2.45) is 0 Å². The molecule has 0 bridgehead atoms. The Bertz CT molecular complexity index is 2740. The van der Waals surface area contributed by atoms with Crippen LogP contribution < -0.4 is 26.2 Å². The molecule has 7 aromatic rings. The fourth-order valence-electron chi connectivity index (χ4n) is 9.61. The summed E-state index contributed by atoms with van der Waals surface area (Å²) in [6, 6.07) is 42.6. The van der Waals surface area contributed by atoms with Crippen LogP contribution in [0.5, 0.6) is 0 Å². The van der Waals surface area contributed by atoms with Crippen LogP contribution in [0.15, 0.2) is 109 Å². The van der Waals surface area contributed by atoms with Crippen molar-refractivity contribution in [3.8, 4) is 11.1 Å². The molecule has 0 N–H and O–H groups in total. The summed E-state index contributed by atoms with van der Waals surface area (Å²) in [7, 11) is 0. The summed E-state index contributed by atoms with van der Waals surface area (Å²) in [5.41, 5.74) is 22.3. The predicted molar refractivity (Wildman–Crippen MR) is 256 cm³/mol. The van der Waals surface area contributed by atoms with Crippen molar-refractivity contribution in [2.75, 3.05) is 9.80 Å². The Labute approximate surface area is 351 Å². The summed E-state index contributed by atoms with van der Waals surface area (Å²) in [4.78, 5) is 5.25. The van der Waals surface area contributed by atoms with E-state index in [2.05, 4.69) is 209 Å². The second kappa shape index (κ2) is 13.2. The number of hydrogen-bond donors (Lipinski definition) is 0. The van der Waals surface area contributed by atoms with Crippen molar-refractivity contribution in [3.63, 3.8) is 0 Å². The molecule has 0 saturated heterocycles. The van der Waals surface area contributed by atoms with E-state index in [0.717, 1.165) is 0 Å². The van der Waals surface area contributed by atoms with E-state index in [0.29, 0.717) is 0 Å². The quantitative estimate of drug-likeness (QED) is 0.165. The summed E-state index contributed by atoms with van der Waals surface area (Å²) in [6.07, 6.45) is 0. The molecule has 0 spiro atoms. The van der Waals surface area contributed by atoms with Crippen LogP contribution in [-0.2, 0) is 16.2 Å². The van der Waals surface area contributed by atoms with Gasteiger partial charge in [-0.3, -0.25) is 0 Å². The van der Waals surface area contributed by atoms with Gasteiger partial charge in [0.2, 0.25) is 0 Å². The maximum absolute atomic E-state index is 2.63. The fraction of sp³-hybridized carbons (Fsp3) is 0.296. The third kappa shape index (κ3) is 6.05. The molecule has 58 heavy (non-hydrogen) atoms. The molecule has 0 aliphatic carbocycles. The number of benzene rings is 6. The third-order valence-electron chi connectivity index (χ3n) is 12.8. The average molecular weight is 777 g/mol. The minimum atomic E-state index is -0.0796. The van der Waals surface area contributed by atoms with E-state index in [1.807, 2.05) is 11.3 Å². The van der Waals surface area contributed by atoms with Crippen LogP contribution in [0.3, 0.4) is 0 Å². The first-order valence-corrected chi connectivity index (χ1v) is 21.9. The Morgan fingerprint density at radius 1 is 0.483 bits per heavy atom. The molecule has 2 aliphatic heterocycles. The summed E-state index contributed by atoms with van der Waals surface area (Å²) in [5.74, 6) is 0. The van der Waals surface area contributed by atoms with Gasteiger partial charge in [0, 0.05) is 27.4 Å². The lowest BCUT2D eigenvalue weighted by atomic mass is 9.33. The largest absolute Gasteiger partial charge is 0.311 e. The minimum Gasteiger partial charge on any atom is -0.311 e. The van der Waals surface area contributed by atoms with Gasteiger partial charge in [0.25, 0.3) is 6.71 Å². The van der Waals surface area contributed by atoms with E-state index < -0.39 is 0 Å². The topological polar surface area (TPSA) is 6.48 Å². The van der Waals surface area contributed by atoms with Gasteiger partial charge in [-0.2, -0.15) is 0 Å². The molecule has 0 radical (unpaired) electrons. The second-order valence-corrected chi connectivity index (χ2v) is 21.2. The first-order chi connectivity index (χ1) is 27.3. The molecule has 0 atom stereocenters. The van der Waals surface area contributed by atoms with Crippen molar-refractivity contribution in [1.29, 1.82) is 0 Å². The van der Waals surface area contributed by atoms with Gasteiger partial charge < -0.3 is 9.80 Å². The number of aryl methyl sites for hydroxylation is 4. The van der Waals surface area contributed by atoms with Crippen molar-refractivity contribution in [1.82, 2.24) is 0 Å². The number of hydrogen-bond acceptors (Lipinski definition) is 3. The SMILES string of the molecule is Cc1cccc(C)c1-c1ccc2c(c1)B1c3c(cc(C(C)(C)C)cc3N2c2c(C)cccc2C)N(c2ccc(C(C)(C)C)cc2)c2sc3ccc(C(C)(C)C)cc3c21. The Hall–Kier alpha value is -5.06. The summed E-state index contributed by atoms with van der Waals surface area (Å²) < 4.78 is 1.34. The van der Waals surface area contributed by atoms with Gasteiger partial charge in [-0.15, -0.1) is 11.3 Å². The van der Waals surface area contributed by atoms with Crippen LogP contribution in [0.2, 0.25) is 0 Å². The molecule has 0 saturated carbocycles. The number of nitrogens with zero attached hydrogens (tertiary/aromatic N) is 2. The molecule has 3 heterocycles. The van der Waals surface area contributed by atoms with Crippen LogP contribution >= 0.6 is 11.3 Å². The molecule has 6 aromatic carbocycles. The molecular weight excluding hydrogens is 719 g/mol. The first-order valence-electron chi connectivity index (χ1n) is 21.1. The van der Waals surface area contributed by atoms with E-state index >= 15 is 0 Å². The zero-order valence-electron chi connectivity index (χ0n) is 36.8. The summed E-state index contributed by atoms with van der Waals surface area (Å²) in [5, 5.41) is 2.69. The normalized spacial score (nSPS) is 13.8. The highest BCUT2D eigenvalue weighted by atomic mass is 32.1. The summed E-state index contributed by atoms with van der Waals surface area (Å²) in [6.45, 7) is 30.1. The van der Waals surface area contributed by atoms with Gasteiger partial charge in [-0.1, -0.05) is 135 Å². The lowest BCUT2D eigenvalue weighted by molar-refractivity contribution is 0.590. The Balaban J connectivity index is 1.46. The van der Waals surface area contributed by atoms with Gasteiger partial charge in [0.05, 0.1) is 10.7 Å². The highest BCUT2D eigenvalue weighted by molar-refractivity contribution is 7.26. The monoisotopic (exact) mass is 776 g/mol. The number of thiophene rings is 1. The third-order valence-corrected chi connectivity index (χ3v) is 14.0. The van der Waals surface area contributed by atoms with E-state index in [1.54, 1.807) is 0 Å². The second-order valence-electron chi connectivity index (χ2n) is 20.1. The Kier molecular flexibility index (Phi) is 8.77. The van der Waals surface area contributed by atoms with Gasteiger partial charge in [0.15, 0.2) is 0 Å². The van der Waals surface area contributed by atoms with Gasteiger partial charge in [-0.05, 0) is 152 Å². The zero-order chi connectivity index (χ0) is 41.2. The number of rotatable bonds is 3. The number of fused-ring (bicyclic) bond motifs is 6. The Morgan fingerprint density at radius 3 is 1.62 bits per heavy atom. The maximum Gasteiger partial charge on any atom is 0.254 e. The highest BCUT2D eigenvalue weighted by Gasteiger charge is 2.46. The maximum atomic E-state index is 2.63. The molecular formula is C54H57BN2S. The van der Waals surface area contributed by atoms with E-state index in [9.17, 15) is 0 Å². The molecule has 9 rings (SSSR count). The van der Waals surface area contributed by atoms with E-state index in [4.69, 9.17) is 0 Å². The molecule has 0 unspecified atom stereocenters. The van der Waals surface area contributed by atoms with Crippen LogP contribution in [0, 0.1) is 27.7 Å². The average Bonchev–Trinajstić information content (AvgIpc) is 3.52. The number of para-hydroxylation sites is 1. The van der Waals surface area contributed by atoms with Crippen molar-refractivity contribution >= 4 is 78.0 Å². The highest BCUT2D eigenvalue weighted by Crippen LogP contribution is 2.50. The minimum absolute atomic E-state index is 0.0179. The van der Waals surface area contributed by atoms with Gasteiger partial charge in [-0.25, -0.2) is 0 Å². The Morgan fingerprint density at radius 2 is 1.03 bits per heavy atom. The van der Waals surface area contributed by atoms with Crippen LogP contribution in [0.4, 0.5) is 33.4 Å². The van der Waals surface area contributed by atoms with Gasteiger partial charge in [0.1, 0.15) is 0 Å². The predicted octanol–water partition coefficient (Wildman–Crippen LogP) is 13.8. The van der Waals surface area contributed by atoms with E-state index in [1.165, 1.54) is 110 Å². The molecule has 292 valence electrons. The van der Waals surface area contributed by atoms with Crippen LogP contribution in [0.25, 0.3) is 21.2 Å². The lowest BCUT2D eigenvalue weighted by Crippen LogP contribution is -2.61. The van der Waals surface area contributed by atoms with Crippen LogP contribution in [0.1, 0.15) is 101 Å². The summed E-state index contributed by atoms with van der Waals surface area (Å²) >= 11 is 1.95. The smallest absolute Gasteiger partial charge is 0.254 e. The van der Waals surface area contributed by atoms with E-state index in [-0.39, 0.29) is 23.0 Å². The molecule has 0 amide bonds. The lowest BCUT2D eigenvalue weighted by Gasteiger charge is -2.45. The van der Waals surface area contributed by atoms with Gasteiger partial charge >= 0.3 is 0 Å². The van der Waals surface area contributed by atoms with Crippen LogP contribution in [-0.4, -0.2) is 6.71 Å². The van der Waals surface area contributed by atoms with Crippen molar-refractivity contribution < 1.29 is 0 Å². The molecule has 4 heteroatoms. The zero-order valence-corrected chi connectivity index (χ0v) is 37.6. The molecule has 2 nitrogen and oxygen atoms in total. The standard InChI is InChI=1S/C54H57BN2S/c1-32-16-14-17-33(2)47(32)36-20-26-43-42(28-36)55-48-41-29-38(53(8,9)10)23-27-46(41)58-51(48)56(40-24-21-37(22-25-40)52(5,6)7)44-30-39(54(11,12)13)31-45(49(44)55)57(43)50-34(3)18-15-19-35(50)4/h14-31H,1-13H3. The van der Waals surface area contributed by atoms with Crippen molar-refractivity contribution in [3.05, 3.63) is 148 Å². The fourth-order valence-corrected chi connectivity index (χ4v) is 10.9. The molecule has 1 aromatic heterocycles. The molecule has 2 aliphatic rings. The number of anilines is 6. The first kappa shape index (κ1) is 38.5. The van der Waals surface area contributed by atoms with Crippen molar-refractivity contribution in [2.45, 2.75) is 106 Å².